The summed E-state index contributed by atoms with van der Waals surface area (Å²) in [6, 6.07) is 6.39. The third-order valence-corrected chi connectivity index (χ3v) is 2.71. The van der Waals surface area contributed by atoms with Gasteiger partial charge in [-0.1, -0.05) is 12.1 Å². The molecule has 88 valence electrons. The van der Waals surface area contributed by atoms with Crippen molar-refractivity contribution in [1.29, 1.82) is 0 Å². The molecule has 0 spiro atoms. The Morgan fingerprint density at radius 2 is 1.88 bits per heavy atom. The van der Waals surface area contributed by atoms with Gasteiger partial charge in [-0.2, -0.15) is 0 Å². The number of carbonyl (C=O) groups is 1. The van der Waals surface area contributed by atoms with Crippen LogP contribution in [0.1, 0.15) is 18.9 Å². The van der Waals surface area contributed by atoms with Crippen molar-refractivity contribution < 1.29 is 9.18 Å². The van der Waals surface area contributed by atoms with E-state index in [1.165, 1.54) is 12.1 Å². The number of aryl methyl sites for hydroxylation is 1. The first-order valence-electron chi connectivity index (χ1n) is 5.42. The fourth-order valence-electron chi connectivity index (χ4n) is 1.78. The summed E-state index contributed by atoms with van der Waals surface area (Å²) < 4.78 is 12.7. The number of halogens is 1. The van der Waals surface area contributed by atoms with Crippen LogP contribution >= 0.6 is 0 Å². The van der Waals surface area contributed by atoms with Crippen LogP contribution in [0.5, 0.6) is 0 Å². The van der Waals surface area contributed by atoms with Gasteiger partial charge in [0.1, 0.15) is 11.6 Å². The Kier molecular flexibility index (Phi) is 4.62. The Bertz CT molecular complexity index is 345. The summed E-state index contributed by atoms with van der Waals surface area (Å²) in [5, 5.41) is 0. The maximum atomic E-state index is 12.7. The van der Waals surface area contributed by atoms with E-state index in [2.05, 4.69) is 0 Å². The molecule has 0 saturated heterocycles. The minimum atomic E-state index is -0.223. The standard InChI is InChI=1S/C13H18FNO/c1-10(16)13(15(2)3)9-6-11-4-7-12(14)8-5-11/h4-5,7-8,13H,6,9H2,1-3H3/t13-/m0/s1. The number of hydrogen-bond donors (Lipinski definition) is 0. The second-order valence-electron chi connectivity index (χ2n) is 4.26. The molecule has 0 amide bonds. The van der Waals surface area contributed by atoms with Crippen molar-refractivity contribution in [2.24, 2.45) is 0 Å². The van der Waals surface area contributed by atoms with Crippen LogP contribution in [-0.4, -0.2) is 30.8 Å². The summed E-state index contributed by atoms with van der Waals surface area (Å²) in [6.45, 7) is 1.61. The first-order chi connectivity index (χ1) is 7.50. The molecule has 0 aliphatic rings. The van der Waals surface area contributed by atoms with Crippen molar-refractivity contribution in [3.8, 4) is 0 Å². The lowest BCUT2D eigenvalue weighted by Gasteiger charge is -2.21. The van der Waals surface area contributed by atoms with E-state index in [4.69, 9.17) is 0 Å². The zero-order chi connectivity index (χ0) is 12.1. The Labute approximate surface area is 96.1 Å². The molecule has 0 fully saturated rings. The quantitative estimate of drug-likeness (QED) is 0.763. The predicted octanol–water partition coefficient (Wildman–Crippen LogP) is 2.28. The number of rotatable bonds is 5. The highest BCUT2D eigenvalue weighted by Crippen LogP contribution is 2.10. The largest absolute Gasteiger partial charge is 0.300 e. The van der Waals surface area contributed by atoms with Gasteiger partial charge in [0.05, 0.1) is 6.04 Å². The van der Waals surface area contributed by atoms with E-state index >= 15 is 0 Å². The van der Waals surface area contributed by atoms with Gasteiger partial charge < -0.3 is 0 Å². The molecule has 1 atom stereocenters. The topological polar surface area (TPSA) is 20.3 Å². The minimum absolute atomic E-state index is 0.0509. The third kappa shape index (κ3) is 3.74. The molecule has 1 aromatic rings. The Balaban J connectivity index is 2.55. The molecule has 0 aromatic heterocycles. The zero-order valence-corrected chi connectivity index (χ0v) is 10.0. The van der Waals surface area contributed by atoms with Gasteiger partial charge in [-0.15, -0.1) is 0 Å². The molecule has 0 N–H and O–H groups in total. The molecule has 0 radical (unpaired) electrons. The summed E-state index contributed by atoms with van der Waals surface area (Å²) in [5.41, 5.74) is 1.06. The second kappa shape index (κ2) is 5.75. The molecule has 0 saturated carbocycles. The van der Waals surface area contributed by atoms with E-state index in [1.54, 1.807) is 19.1 Å². The molecule has 3 heteroatoms. The molecule has 1 aromatic carbocycles. The molecule has 2 nitrogen and oxygen atoms in total. The van der Waals surface area contributed by atoms with Crippen molar-refractivity contribution in [2.45, 2.75) is 25.8 Å². The van der Waals surface area contributed by atoms with Gasteiger partial charge in [-0.3, -0.25) is 9.69 Å². The lowest BCUT2D eigenvalue weighted by atomic mass is 10.0. The number of benzene rings is 1. The Morgan fingerprint density at radius 1 is 1.31 bits per heavy atom. The van der Waals surface area contributed by atoms with Crippen molar-refractivity contribution in [3.05, 3.63) is 35.6 Å². The van der Waals surface area contributed by atoms with Crippen LogP contribution in [0.2, 0.25) is 0 Å². The van der Waals surface area contributed by atoms with Crippen LogP contribution in [0.15, 0.2) is 24.3 Å². The summed E-state index contributed by atoms with van der Waals surface area (Å²) in [4.78, 5) is 13.3. The number of ketones is 1. The fourth-order valence-corrected chi connectivity index (χ4v) is 1.78. The Hall–Kier alpha value is -1.22. The summed E-state index contributed by atoms with van der Waals surface area (Å²) in [7, 11) is 3.80. The van der Waals surface area contributed by atoms with E-state index in [9.17, 15) is 9.18 Å². The highest BCUT2D eigenvalue weighted by atomic mass is 19.1. The predicted molar refractivity (Wildman–Crippen MR) is 62.9 cm³/mol. The van der Waals surface area contributed by atoms with Crippen LogP contribution in [-0.2, 0) is 11.2 Å². The number of Topliss-reactive ketones (excluding diaryl/α,β-unsaturated/α-hetero) is 1. The molecule has 1 rings (SSSR count). The van der Waals surface area contributed by atoms with Crippen molar-refractivity contribution in [2.75, 3.05) is 14.1 Å². The Morgan fingerprint density at radius 3 is 2.31 bits per heavy atom. The molecule has 0 heterocycles. The average Bonchev–Trinajstić information content (AvgIpc) is 2.20. The summed E-state index contributed by atoms with van der Waals surface area (Å²) >= 11 is 0. The molecule has 0 unspecified atom stereocenters. The van der Waals surface area contributed by atoms with Gasteiger partial charge in [0.2, 0.25) is 0 Å². The van der Waals surface area contributed by atoms with E-state index in [-0.39, 0.29) is 17.6 Å². The van der Waals surface area contributed by atoms with E-state index in [0.717, 1.165) is 18.4 Å². The number of likely N-dealkylation sites (N-methyl/N-ethyl adjacent to an activating group) is 1. The highest BCUT2D eigenvalue weighted by Gasteiger charge is 2.15. The number of nitrogens with zero attached hydrogens (tertiary/aromatic N) is 1. The third-order valence-electron chi connectivity index (χ3n) is 2.71. The molecular formula is C13H18FNO. The van der Waals surface area contributed by atoms with Crippen molar-refractivity contribution in [3.63, 3.8) is 0 Å². The van der Waals surface area contributed by atoms with Gasteiger partial charge in [-0.25, -0.2) is 4.39 Å². The van der Waals surface area contributed by atoms with Gasteiger partial charge in [0, 0.05) is 0 Å². The smallest absolute Gasteiger partial charge is 0.146 e. The fraction of sp³-hybridized carbons (Fsp3) is 0.462. The molecule has 0 aliphatic heterocycles. The van der Waals surface area contributed by atoms with Crippen LogP contribution in [0.3, 0.4) is 0 Å². The van der Waals surface area contributed by atoms with E-state index in [0.29, 0.717) is 0 Å². The minimum Gasteiger partial charge on any atom is -0.300 e. The van der Waals surface area contributed by atoms with Crippen LogP contribution in [0.4, 0.5) is 4.39 Å². The van der Waals surface area contributed by atoms with Crippen LogP contribution in [0.25, 0.3) is 0 Å². The first kappa shape index (κ1) is 12.8. The monoisotopic (exact) mass is 223 g/mol. The number of hydrogen-bond acceptors (Lipinski definition) is 2. The lowest BCUT2D eigenvalue weighted by molar-refractivity contribution is -0.121. The summed E-state index contributed by atoms with van der Waals surface area (Å²) in [5.74, 6) is -0.0495. The number of carbonyl (C=O) groups excluding carboxylic acids is 1. The molecule has 0 aliphatic carbocycles. The summed E-state index contributed by atoms with van der Waals surface area (Å²) in [6.07, 6.45) is 1.57. The SMILES string of the molecule is CC(=O)[C@H](CCc1ccc(F)cc1)N(C)C. The highest BCUT2D eigenvalue weighted by molar-refractivity contribution is 5.81. The van der Waals surface area contributed by atoms with E-state index in [1.807, 2.05) is 19.0 Å². The zero-order valence-electron chi connectivity index (χ0n) is 10.0. The van der Waals surface area contributed by atoms with Gasteiger partial charge in [0.25, 0.3) is 0 Å². The lowest BCUT2D eigenvalue weighted by Crippen LogP contribution is -2.34. The van der Waals surface area contributed by atoms with Crippen molar-refractivity contribution in [1.82, 2.24) is 4.90 Å². The van der Waals surface area contributed by atoms with E-state index < -0.39 is 0 Å². The van der Waals surface area contributed by atoms with Crippen LogP contribution < -0.4 is 0 Å². The molecular weight excluding hydrogens is 205 g/mol. The van der Waals surface area contributed by atoms with Gasteiger partial charge >= 0.3 is 0 Å². The van der Waals surface area contributed by atoms with Crippen LogP contribution in [0, 0.1) is 5.82 Å². The maximum Gasteiger partial charge on any atom is 0.146 e. The normalized spacial score (nSPS) is 12.8. The second-order valence-corrected chi connectivity index (χ2v) is 4.26. The van der Waals surface area contributed by atoms with Crippen molar-refractivity contribution >= 4 is 5.78 Å². The van der Waals surface area contributed by atoms with Gasteiger partial charge in [0.15, 0.2) is 0 Å². The first-order valence-corrected chi connectivity index (χ1v) is 5.42. The molecule has 16 heavy (non-hydrogen) atoms. The maximum absolute atomic E-state index is 12.7. The molecule has 0 bridgehead atoms. The van der Waals surface area contributed by atoms with Gasteiger partial charge in [-0.05, 0) is 51.6 Å². The average molecular weight is 223 g/mol.